The minimum Gasteiger partial charge on any atom is -0.445 e. The van der Waals surface area contributed by atoms with Crippen LogP contribution in [0.4, 0.5) is 14.0 Å². The van der Waals surface area contributed by atoms with Gasteiger partial charge in [-0.1, -0.05) is 63.2 Å². The standard InChI is InChI=1S/C32H44FN3O5/c1-31(2,3)27(34-29(38)41-32(4,5)6)28(37)36-19-10-13-26(36)21-35(20-18-23-14-16-25(33)17-15-23)30(39)40-22-24-11-8-7-9-12-24/h7-9,11-12,14-17,26-27H,10,13,18-22H2,1-6H3,(H,34,38)/t26-,27+/m0/s1. The third kappa shape index (κ3) is 10.1. The van der Waals surface area contributed by atoms with Crippen LogP contribution in [0.5, 0.6) is 0 Å². The number of alkyl carbamates (subject to hydrolysis) is 1. The van der Waals surface area contributed by atoms with Crippen LogP contribution in [0.3, 0.4) is 0 Å². The summed E-state index contributed by atoms with van der Waals surface area (Å²) in [5.41, 5.74) is 0.494. The molecular formula is C32H44FN3O5. The molecule has 0 radical (unpaired) electrons. The predicted molar refractivity (Wildman–Crippen MR) is 156 cm³/mol. The van der Waals surface area contributed by atoms with Gasteiger partial charge in [-0.2, -0.15) is 0 Å². The molecule has 1 heterocycles. The number of benzene rings is 2. The van der Waals surface area contributed by atoms with E-state index in [0.717, 1.165) is 17.5 Å². The quantitative estimate of drug-likeness (QED) is 0.404. The maximum atomic E-state index is 13.9. The fourth-order valence-electron chi connectivity index (χ4n) is 4.79. The lowest BCUT2D eigenvalue weighted by Gasteiger charge is -2.37. The largest absolute Gasteiger partial charge is 0.445 e. The number of nitrogens with one attached hydrogen (secondary N) is 1. The number of nitrogens with zero attached hydrogens (tertiary/aromatic N) is 2. The van der Waals surface area contributed by atoms with Crippen molar-refractivity contribution in [2.45, 2.75) is 85.1 Å². The number of carbonyl (C=O) groups is 3. The molecule has 3 rings (SSSR count). The molecule has 8 nitrogen and oxygen atoms in total. The van der Waals surface area contributed by atoms with Crippen LogP contribution in [0.25, 0.3) is 0 Å². The first-order chi connectivity index (χ1) is 19.2. The fourth-order valence-corrected chi connectivity index (χ4v) is 4.79. The van der Waals surface area contributed by atoms with Crippen molar-refractivity contribution in [2.75, 3.05) is 19.6 Å². The van der Waals surface area contributed by atoms with E-state index in [2.05, 4.69) is 5.32 Å². The predicted octanol–water partition coefficient (Wildman–Crippen LogP) is 5.94. The Balaban J connectivity index is 1.75. The van der Waals surface area contributed by atoms with Crippen molar-refractivity contribution >= 4 is 18.1 Å². The van der Waals surface area contributed by atoms with E-state index < -0.39 is 29.2 Å². The Kier molecular flexibility index (Phi) is 10.8. The van der Waals surface area contributed by atoms with Crippen molar-refractivity contribution in [1.29, 1.82) is 0 Å². The van der Waals surface area contributed by atoms with Crippen molar-refractivity contribution < 1.29 is 28.2 Å². The molecule has 1 aliphatic rings. The van der Waals surface area contributed by atoms with Gasteiger partial charge in [-0.05, 0) is 68.7 Å². The summed E-state index contributed by atoms with van der Waals surface area (Å²) in [5, 5.41) is 2.79. The maximum Gasteiger partial charge on any atom is 0.410 e. The van der Waals surface area contributed by atoms with Gasteiger partial charge in [-0.25, -0.2) is 14.0 Å². The normalized spacial score (nSPS) is 16.2. The number of rotatable bonds is 9. The summed E-state index contributed by atoms with van der Waals surface area (Å²) in [6, 6.07) is 14.6. The van der Waals surface area contributed by atoms with Crippen LogP contribution in [-0.4, -0.2) is 65.2 Å². The summed E-state index contributed by atoms with van der Waals surface area (Å²) in [7, 11) is 0. The summed E-state index contributed by atoms with van der Waals surface area (Å²) in [5.74, 6) is -0.525. The lowest BCUT2D eigenvalue weighted by atomic mass is 9.85. The Morgan fingerprint density at radius 3 is 2.27 bits per heavy atom. The second kappa shape index (κ2) is 13.8. The first kappa shape index (κ1) is 31.9. The Morgan fingerprint density at radius 1 is 1.00 bits per heavy atom. The summed E-state index contributed by atoms with van der Waals surface area (Å²) in [6.45, 7) is 12.3. The molecule has 41 heavy (non-hydrogen) atoms. The van der Waals surface area contributed by atoms with Gasteiger partial charge in [0.2, 0.25) is 5.91 Å². The highest BCUT2D eigenvalue weighted by Gasteiger charge is 2.41. The van der Waals surface area contributed by atoms with Gasteiger partial charge in [0.1, 0.15) is 24.1 Å². The average molecular weight is 570 g/mol. The highest BCUT2D eigenvalue weighted by molar-refractivity contribution is 5.87. The van der Waals surface area contributed by atoms with Crippen LogP contribution in [0.15, 0.2) is 54.6 Å². The van der Waals surface area contributed by atoms with Crippen molar-refractivity contribution in [3.63, 3.8) is 0 Å². The van der Waals surface area contributed by atoms with E-state index >= 15 is 0 Å². The smallest absolute Gasteiger partial charge is 0.410 e. The molecule has 224 valence electrons. The van der Waals surface area contributed by atoms with Crippen molar-refractivity contribution in [2.24, 2.45) is 5.41 Å². The molecule has 0 spiro atoms. The van der Waals surface area contributed by atoms with Crippen molar-refractivity contribution in [3.8, 4) is 0 Å². The molecule has 9 heteroatoms. The number of hydrogen-bond donors (Lipinski definition) is 1. The Bertz CT molecular complexity index is 1160. The molecule has 1 saturated heterocycles. The molecule has 0 aliphatic carbocycles. The van der Waals surface area contributed by atoms with Gasteiger partial charge >= 0.3 is 12.2 Å². The van der Waals surface area contributed by atoms with E-state index in [1.807, 2.05) is 51.1 Å². The minimum atomic E-state index is -0.810. The van der Waals surface area contributed by atoms with E-state index in [9.17, 15) is 18.8 Å². The first-order valence-electron chi connectivity index (χ1n) is 14.2. The molecule has 0 aromatic heterocycles. The minimum absolute atomic E-state index is 0.131. The van der Waals surface area contributed by atoms with Gasteiger partial charge < -0.3 is 24.6 Å². The maximum absolute atomic E-state index is 13.9. The zero-order chi connectivity index (χ0) is 30.2. The molecule has 2 aromatic rings. The third-order valence-electron chi connectivity index (χ3n) is 6.91. The molecule has 0 unspecified atom stereocenters. The Labute approximate surface area is 243 Å². The molecule has 1 aliphatic heterocycles. The summed E-state index contributed by atoms with van der Waals surface area (Å²) < 4.78 is 24.5. The Morgan fingerprint density at radius 2 is 1.66 bits per heavy atom. The number of halogens is 1. The third-order valence-corrected chi connectivity index (χ3v) is 6.91. The number of ether oxygens (including phenoxy) is 2. The van der Waals surface area contributed by atoms with Crippen LogP contribution >= 0.6 is 0 Å². The van der Waals surface area contributed by atoms with Crippen LogP contribution in [-0.2, 0) is 27.3 Å². The summed E-state index contributed by atoms with van der Waals surface area (Å²) in [6.07, 6.45) is 0.881. The van der Waals surface area contributed by atoms with Gasteiger partial charge in [0, 0.05) is 25.7 Å². The van der Waals surface area contributed by atoms with Gasteiger partial charge in [-0.3, -0.25) is 4.79 Å². The molecule has 2 atom stereocenters. The summed E-state index contributed by atoms with van der Waals surface area (Å²) >= 11 is 0. The zero-order valence-electron chi connectivity index (χ0n) is 25.1. The average Bonchev–Trinajstić information content (AvgIpc) is 3.36. The highest BCUT2D eigenvalue weighted by atomic mass is 19.1. The number of hydrogen-bond acceptors (Lipinski definition) is 5. The monoisotopic (exact) mass is 569 g/mol. The number of carbonyl (C=O) groups excluding carboxylic acids is 3. The SMILES string of the molecule is CC(C)(C)OC(=O)N[C@H](C(=O)N1CCC[C@H]1CN(CCc1ccc(F)cc1)C(=O)OCc1ccccc1)C(C)(C)C. The van der Waals surface area contributed by atoms with Gasteiger partial charge in [0.25, 0.3) is 0 Å². The van der Waals surface area contributed by atoms with Crippen LogP contribution in [0.1, 0.15) is 65.5 Å². The molecule has 0 bridgehead atoms. The van der Waals surface area contributed by atoms with Gasteiger partial charge in [-0.15, -0.1) is 0 Å². The Hall–Kier alpha value is -3.62. The number of amides is 3. The fraction of sp³-hybridized carbons (Fsp3) is 0.531. The van der Waals surface area contributed by atoms with E-state index in [1.54, 1.807) is 42.7 Å². The van der Waals surface area contributed by atoms with Crippen LogP contribution < -0.4 is 5.32 Å². The van der Waals surface area contributed by atoms with E-state index in [0.29, 0.717) is 25.9 Å². The topological polar surface area (TPSA) is 88.2 Å². The van der Waals surface area contributed by atoms with Gasteiger partial charge in [0.15, 0.2) is 0 Å². The second-order valence-corrected chi connectivity index (χ2v) is 12.6. The van der Waals surface area contributed by atoms with E-state index in [4.69, 9.17) is 9.47 Å². The zero-order valence-corrected chi connectivity index (χ0v) is 25.1. The highest BCUT2D eigenvalue weighted by Crippen LogP contribution is 2.27. The van der Waals surface area contributed by atoms with E-state index in [-0.39, 0.29) is 30.9 Å². The van der Waals surface area contributed by atoms with Crippen LogP contribution in [0, 0.1) is 11.2 Å². The molecular weight excluding hydrogens is 525 g/mol. The molecule has 3 amide bonds. The van der Waals surface area contributed by atoms with Crippen LogP contribution in [0.2, 0.25) is 0 Å². The molecule has 2 aromatic carbocycles. The molecule has 0 saturated carbocycles. The molecule has 1 N–H and O–H groups in total. The first-order valence-corrected chi connectivity index (χ1v) is 14.2. The van der Waals surface area contributed by atoms with E-state index in [1.165, 1.54) is 12.1 Å². The second-order valence-electron chi connectivity index (χ2n) is 12.6. The molecule has 1 fully saturated rings. The lowest BCUT2D eigenvalue weighted by Crippen LogP contribution is -2.57. The number of likely N-dealkylation sites (tertiary alicyclic amines) is 1. The van der Waals surface area contributed by atoms with Crippen molar-refractivity contribution in [3.05, 3.63) is 71.5 Å². The lowest BCUT2D eigenvalue weighted by molar-refractivity contribution is -0.137. The van der Waals surface area contributed by atoms with Crippen molar-refractivity contribution in [1.82, 2.24) is 15.1 Å². The summed E-state index contributed by atoms with van der Waals surface area (Å²) in [4.78, 5) is 43.2. The van der Waals surface area contributed by atoms with Gasteiger partial charge in [0.05, 0.1) is 0 Å².